The molecule has 1 atom stereocenters. The zero-order valence-corrected chi connectivity index (χ0v) is 14.5. The lowest BCUT2D eigenvalue weighted by atomic mass is 10.1. The minimum Gasteiger partial charge on any atom is -0.378 e. The van der Waals surface area contributed by atoms with Gasteiger partial charge < -0.3 is 15.4 Å². The second-order valence-corrected chi connectivity index (χ2v) is 7.14. The number of benzene rings is 2. The summed E-state index contributed by atoms with van der Waals surface area (Å²) < 4.78 is 6.53. The smallest absolute Gasteiger partial charge is 0.243 e. The molecule has 25 heavy (non-hydrogen) atoms. The summed E-state index contributed by atoms with van der Waals surface area (Å²) >= 11 is 1.72. The van der Waals surface area contributed by atoms with Crippen molar-refractivity contribution in [2.24, 2.45) is 0 Å². The highest BCUT2D eigenvalue weighted by Crippen LogP contribution is 2.24. The molecule has 2 aromatic carbocycles. The van der Waals surface area contributed by atoms with Crippen molar-refractivity contribution in [3.05, 3.63) is 59.1 Å². The number of aromatic nitrogens is 1. The number of anilines is 1. The fourth-order valence-corrected chi connectivity index (χ4v) is 3.84. The fraction of sp³-hybridized carbons (Fsp3) is 0.263. The fourth-order valence-electron chi connectivity index (χ4n) is 2.84. The number of nitrogens with zero attached hydrogens (tertiary/aromatic N) is 1. The van der Waals surface area contributed by atoms with E-state index in [0.29, 0.717) is 19.8 Å². The van der Waals surface area contributed by atoms with Crippen LogP contribution in [0, 0.1) is 0 Å². The van der Waals surface area contributed by atoms with Crippen LogP contribution in [0.5, 0.6) is 0 Å². The number of amides is 1. The van der Waals surface area contributed by atoms with Gasteiger partial charge in [-0.1, -0.05) is 24.3 Å². The van der Waals surface area contributed by atoms with E-state index in [9.17, 15) is 4.79 Å². The van der Waals surface area contributed by atoms with E-state index < -0.39 is 0 Å². The van der Waals surface area contributed by atoms with E-state index in [-0.39, 0.29) is 11.9 Å². The average Bonchev–Trinajstić information content (AvgIpc) is 3.06. The standard InChI is InChI=1S/C19H19N3O2S/c23-19(16-12-24-10-9-20-16)21-14-7-5-13(6-8-14)11-18-22-15-3-1-2-4-17(15)25-18/h1-8,16,20H,9-12H2,(H,21,23). The van der Waals surface area contributed by atoms with Gasteiger partial charge in [0.05, 0.1) is 28.4 Å². The predicted octanol–water partition coefficient (Wildman–Crippen LogP) is 2.81. The first-order chi connectivity index (χ1) is 12.3. The van der Waals surface area contributed by atoms with Gasteiger partial charge in [-0.2, -0.15) is 0 Å². The molecule has 0 aliphatic carbocycles. The summed E-state index contributed by atoms with van der Waals surface area (Å²) in [5, 5.41) is 7.18. The summed E-state index contributed by atoms with van der Waals surface area (Å²) in [6.45, 7) is 1.78. The van der Waals surface area contributed by atoms with Crippen LogP contribution in [0.2, 0.25) is 0 Å². The first-order valence-electron chi connectivity index (χ1n) is 8.33. The van der Waals surface area contributed by atoms with Crippen LogP contribution < -0.4 is 10.6 Å². The first kappa shape index (κ1) is 16.2. The van der Waals surface area contributed by atoms with Crippen LogP contribution in [0.1, 0.15) is 10.6 Å². The molecule has 3 aromatic rings. The molecule has 5 nitrogen and oxygen atoms in total. The van der Waals surface area contributed by atoms with Crippen LogP contribution >= 0.6 is 11.3 Å². The predicted molar refractivity (Wildman–Crippen MR) is 100 cm³/mol. The third-order valence-corrected chi connectivity index (χ3v) is 5.19. The molecule has 1 fully saturated rings. The molecule has 1 aliphatic heterocycles. The van der Waals surface area contributed by atoms with Crippen molar-refractivity contribution in [1.29, 1.82) is 0 Å². The molecule has 1 aromatic heterocycles. The summed E-state index contributed by atoms with van der Waals surface area (Å²) in [5.41, 5.74) is 3.02. The van der Waals surface area contributed by atoms with Gasteiger partial charge in [-0.15, -0.1) is 11.3 Å². The molecule has 1 aliphatic rings. The maximum Gasteiger partial charge on any atom is 0.243 e. The van der Waals surface area contributed by atoms with Crippen LogP contribution in [-0.4, -0.2) is 36.7 Å². The highest BCUT2D eigenvalue weighted by atomic mass is 32.1. The monoisotopic (exact) mass is 353 g/mol. The summed E-state index contributed by atoms with van der Waals surface area (Å²) in [7, 11) is 0. The largest absolute Gasteiger partial charge is 0.378 e. The SMILES string of the molecule is O=C(Nc1ccc(Cc2nc3ccccc3s2)cc1)C1COCCN1. The number of ether oxygens (including phenoxy) is 1. The number of nitrogens with one attached hydrogen (secondary N) is 2. The molecule has 0 spiro atoms. The second-order valence-electron chi connectivity index (χ2n) is 6.02. The number of carbonyl (C=O) groups is 1. The molecule has 6 heteroatoms. The van der Waals surface area contributed by atoms with Gasteiger partial charge in [-0.25, -0.2) is 4.98 Å². The maximum absolute atomic E-state index is 12.2. The lowest BCUT2D eigenvalue weighted by Crippen LogP contribution is -2.48. The normalized spacial score (nSPS) is 17.5. The number of thiazole rings is 1. The number of morpholine rings is 1. The van der Waals surface area contributed by atoms with Gasteiger partial charge in [-0.3, -0.25) is 4.79 Å². The van der Waals surface area contributed by atoms with Gasteiger partial charge in [0.15, 0.2) is 0 Å². The van der Waals surface area contributed by atoms with Crippen molar-refractivity contribution < 1.29 is 9.53 Å². The molecule has 2 heterocycles. The van der Waals surface area contributed by atoms with E-state index in [0.717, 1.165) is 22.6 Å². The Balaban J connectivity index is 1.40. The van der Waals surface area contributed by atoms with Gasteiger partial charge in [0.2, 0.25) is 5.91 Å². The van der Waals surface area contributed by atoms with E-state index in [1.54, 1.807) is 11.3 Å². The molecule has 2 N–H and O–H groups in total. The van der Waals surface area contributed by atoms with Gasteiger partial charge in [-0.05, 0) is 29.8 Å². The van der Waals surface area contributed by atoms with E-state index >= 15 is 0 Å². The van der Waals surface area contributed by atoms with E-state index in [1.165, 1.54) is 10.3 Å². The van der Waals surface area contributed by atoms with Gasteiger partial charge >= 0.3 is 0 Å². The number of para-hydroxylation sites is 1. The molecule has 4 rings (SSSR count). The van der Waals surface area contributed by atoms with E-state index in [4.69, 9.17) is 4.74 Å². The van der Waals surface area contributed by atoms with E-state index in [2.05, 4.69) is 21.7 Å². The molecular formula is C19H19N3O2S. The summed E-state index contributed by atoms with van der Waals surface area (Å²) in [6.07, 6.45) is 0.797. The molecule has 0 bridgehead atoms. The van der Waals surface area contributed by atoms with Gasteiger partial charge in [0, 0.05) is 18.7 Å². The first-order valence-corrected chi connectivity index (χ1v) is 9.15. The zero-order valence-electron chi connectivity index (χ0n) is 13.7. The minimum absolute atomic E-state index is 0.0568. The molecule has 0 saturated carbocycles. The molecule has 1 unspecified atom stereocenters. The average molecular weight is 353 g/mol. The van der Waals surface area contributed by atoms with Crippen molar-refractivity contribution in [3.63, 3.8) is 0 Å². The zero-order chi connectivity index (χ0) is 17.1. The molecule has 0 radical (unpaired) electrons. The number of rotatable bonds is 4. The molecule has 128 valence electrons. The third kappa shape index (κ3) is 3.87. The van der Waals surface area contributed by atoms with Crippen LogP contribution in [-0.2, 0) is 16.0 Å². The van der Waals surface area contributed by atoms with Crippen molar-refractivity contribution >= 4 is 33.1 Å². The summed E-state index contributed by atoms with van der Waals surface area (Å²) in [5.74, 6) is -0.0568. The van der Waals surface area contributed by atoms with Crippen LogP contribution in [0.15, 0.2) is 48.5 Å². The van der Waals surface area contributed by atoms with Crippen molar-refractivity contribution in [2.75, 3.05) is 25.1 Å². The van der Waals surface area contributed by atoms with E-state index in [1.807, 2.05) is 42.5 Å². The molecule has 1 amide bonds. The van der Waals surface area contributed by atoms with Crippen molar-refractivity contribution in [3.8, 4) is 0 Å². The second kappa shape index (κ2) is 7.31. The molecule has 1 saturated heterocycles. The van der Waals surface area contributed by atoms with Gasteiger partial charge in [0.25, 0.3) is 0 Å². The number of fused-ring (bicyclic) bond motifs is 1. The Hall–Kier alpha value is -2.28. The highest BCUT2D eigenvalue weighted by molar-refractivity contribution is 7.18. The number of carbonyl (C=O) groups excluding carboxylic acids is 1. The van der Waals surface area contributed by atoms with Crippen LogP contribution in [0.25, 0.3) is 10.2 Å². The Morgan fingerprint density at radius 2 is 2.08 bits per heavy atom. The number of hydrogen-bond acceptors (Lipinski definition) is 5. The lowest BCUT2D eigenvalue weighted by molar-refractivity contribution is -0.120. The maximum atomic E-state index is 12.2. The van der Waals surface area contributed by atoms with Crippen molar-refractivity contribution in [1.82, 2.24) is 10.3 Å². The lowest BCUT2D eigenvalue weighted by Gasteiger charge is -2.22. The Morgan fingerprint density at radius 1 is 1.24 bits per heavy atom. The summed E-state index contributed by atoms with van der Waals surface area (Å²) in [4.78, 5) is 16.8. The minimum atomic E-state index is -0.281. The molecular weight excluding hydrogens is 334 g/mol. The Kier molecular flexibility index (Phi) is 4.74. The van der Waals surface area contributed by atoms with Crippen LogP contribution in [0.4, 0.5) is 5.69 Å². The quantitative estimate of drug-likeness (QED) is 0.757. The third-order valence-electron chi connectivity index (χ3n) is 4.15. The Bertz CT molecular complexity index is 837. The highest BCUT2D eigenvalue weighted by Gasteiger charge is 2.21. The topological polar surface area (TPSA) is 63.2 Å². The van der Waals surface area contributed by atoms with Crippen LogP contribution in [0.3, 0.4) is 0 Å². The summed E-state index contributed by atoms with van der Waals surface area (Å²) in [6, 6.07) is 15.8. The Labute approximate surface area is 150 Å². The Morgan fingerprint density at radius 3 is 2.84 bits per heavy atom. The van der Waals surface area contributed by atoms with Crippen molar-refractivity contribution in [2.45, 2.75) is 12.5 Å². The number of hydrogen-bond donors (Lipinski definition) is 2. The van der Waals surface area contributed by atoms with Gasteiger partial charge in [0.1, 0.15) is 6.04 Å².